The normalized spacial score (nSPS) is 16.1. The summed E-state index contributed by atoms with van der Waals surface area (Å²) in [5, 5.41) is 15.1. The first-order valence-electron chi connectivity index (χ1n) is 9.36. The summed E-state index contributed by atoms with van der Waals surface area (Å²) < 4.78 is 32.1. The molecule has 9 heteroatoms. The number of methoxy groups -OCH3 is 1. The third-order valence-corrected chi connectivity index (χ3v) is 7.02. The van der Waals surface area contributed by atoms with E-state index in [1.165, 1.54) is 23.5 Å². The van der Waals surface area contributed by atoms with Gasteiger partial charge in [0.05, 0.1) is 30.3 Å². The quantitative estimate of drug-likeness (QED) is 0.612. The molecule has 8 nitrogen and oxygen atoms in total. The van der Waals surface area contributed by atoms with Crippen molar-refractivity contribution in [3.63, 3.8) is 0 Å². The van der Waals surface area contributed by atoms with E-state index in [1.807, 2.05) is 0 Å². The number of carbonyl (C=O) groups excluding carboxylic acids is 1. The number of anilines is 1. The molecular formula is C19H28N4O4S. The Kier molecular flexibility index (Phi) is 6.91. The maximum Gasteiger partial charge on any atom is 0.243 e. The number of nitrogens with zero attached hydrogens (tertiary/aromatic N) is 2. The molecule has 0 bridgehead atoms. The standard InChI is InChI=1S/C19H28N4O4S/c1-5-23(6-2)28(25,26)15-9-10-17(27-4)16(11-15)21-12-18(24)22-19(3,13-20)14-7-8-14/h9-11,14,21H,5-8,12H2,1-4H3,(H,22,24)/t19-/m0/s1. The molecule has 0 unspecified atom stereocenters. The number of amides is 1. The van der Waals surface area contributed by atoms with Gasteiger partial charge in [0, 0.05) is 13.1 Å². The summed E-state index contributed by atoms with van der Waals surface area (Å²) in [5.74, 6) is 0.269. The molecule has 1 fully saturated rings. The number of sulfonamides is 1. The Morgan fingerprint density at radius 3 is 2.50 bits per heavy atom. The van der Waals surface area contributed by atoms with Crippen molar-refractivity contribution in [3.05, 3.63) is 18.2 Å². The molecule has 2 rings (SSSR count). The van der Waals surface area contributed by atoms with E-state index in [9.17, 15) is 18.5 Å². The van der Waals surface area contributed by atoms with Crippen LogP contribution in [0.4, 0.5) is 5.69 Å². The smallest absolute Gasteiger partial charge is 0.243 e. The Hall–Kier alpha value is -2.31. The van der Waals surface area contributed by atoms with Crippen LogP contribution < -0.4 is 15.4 Å². The van der Waals surface area contributed by atoms with Crippen LogP contribution in [0.15, 0.2) is 23.1 Å². The molecule has 1 atom stereocenters. The van der Waals surface area contributed by atoms with Crippen LogP contribution in [0, 0.1) is 17.2 Å². The molecule has 1 saturated carbocycles. The first kappa shape index (κ1) is 22.0. The molecule has 1 aromatic rings. The monoisotopic (exact) mass is 408 g/mol. The first-order chi connectivity index (χ1) is 13.2. The Morgan fingerprint density at radius 2 is 2.00 bits per heavy atom. The van der Waals surface area contributed by atoms with Crippen molar-refractivity contribution in [1.29, 1.82) is 5.26 Å². The van der Waals surface area contributed by atoms with Crippen LogP contribution in [0.25, 0.3) is 0 Å². The van der Waals surface area contributed by atoms with Gasteiger partial charge in [-0.3, -0.25) is 4.79 Å². The van der Waals surface area contributed by atoms with E-state index in [1.54, 1.807) is 26.8 Å². The molecule has 1 aliphatic rings. The largest absolute Gasteiger partial charge is 0.495 e. The average Bonchev–Trinajstić information content (AvgIpc) is 3.52. The molecule has 0 aromatic heterocycles. The predicted octanol–water partition coefficient (Wildman–Crippen LogP) is 1.95. The number of ether oxygens (including phenoxy) is 1. The van der Waals surface area contributed by atoms with Gasteiger partial charge in [-0.05, 0) is 43.9 Å². The molecule has 0 radical (unpaired) electrons. The van der Waals surface area contributed by atoms with E-state index >= 15 is 0 Å². The van der Waals surface area contributed by atoms with Gasteiger partial charge < -0.3 is 15.4 Å². The van der Waals surface area contributed by atoms with Crippen LogP contribution >= 0.6 is 0 Å². The fourth-order valence-electron chi connectivity index (χ4n) is 3.09. The second kappa shape index (κ2) is 8.80. The minimum Gasteiger partial charge on any atom is -0.495 e. The van der Waals surface area contributed by atoms with Gasteiger partial charge in [-0.2, -0.15) is 9.57 Å². The summed E-state index contributed by atoms with van der Waals surface area (Å²) in [6, 6.07) is 6.68. The van der Waals surface area contributed by atoms with Crippen LogP contribution in [0.5, 0.6) is 5.75 Å². The van der Waals surface area contributed by atoms with Crippen LogP contribution in [0.2, 0.25) is 0 Å². The molecule has 1 aliphatic carbocycles. The molecule has 0 saturated heterocycles. The van der Waals surface area contributed by atoms with Crippen molar-refractivity contribution in [2.45, 2.75) is 44.0 Å². The summed E-state index contributed by atoms with van der Waals surface area (Å²) in [7, 11) is -2.16. The minimum atomic E-state index is -3.63. The molecule has 0 aliphatic heterocycles. The van der Waals surface area contributed by atoms with E-state index in [-0.39, 0.29) is 23.3 Å². The second-order valence-corrected chi connectivity index (χ2v) is 8.88. The molecule has 154 valence electrons. The fraction of sp³-hybridized carbons (Fsp3) is 0.579. The third-order valence-electron chi connectivity index (χ3n) is 4.98. The molecule has 2 N–H and O–H groups in total. The summed E-state index contributed by atoms with van der Waals surface area (Å²) in [6.07, 6.45) is 1.85. The number of nitrogens with one attached hydrogen (secondary N) is 2. The van der Waals surface area contributed by atoms with Gasteiger partial charge >= 0.3 is 0 Å². The maximum atomic E-state index is 12.7. The van der Waals surface area contributed by atoms with Crippen molar-refractivity contribution >= 4 is 21.6 Å². The lowest BCUT2D eigenvalue weighted by Crippen LogP contribution is -2.48. The summed E-state index contributed by atoms with van der Waals surface area (Å²) in [5.41, 5.74) is -0.479. The SMILES string of the molecule is CCN(CC)S(=O)(=O)c1ccc(OC)c(NCC(=O)N[C@@](C)(C#N)C2CC2)c1. The fourth-order valence-corrected chi connectivity index (χ4v) is 4.57. The van der Waals surface area contributed by atoms with Gasteiger partial charge in [-0.25, -0.2) is 8.42 Å². The highest BCUT2D eigenvalue weighted by atomic mass is 32.2. The lowest BCUT2D eigenvalue weighted by molar-refractivity contribution is -0.120. The molecule has 1 amide bonds. The highest BCUT2D eigenvalue weighted by Gasteiger charge is 2.42. The Labute approximate surface area is 166 Å². The number of benzene rings is 1. The van der Waals surface area contributed by atoms with Crippen molar-refractivity contribution < 1.29 is 17.9 Å². The van der Waals surface area contributed by atoms with Crippen molar-refractivity contribution in [2.24, 2.45) is 5.92 Å². The molecule has 0 heterocycles. The molecule has 0 spiro atoms. The third kappa shape index (κ3) is 4.75. The predicted molar refractivity (Wildman–Crippen MR) is 106 cm³/mol. The Balaban J connectivity index is 2.16. The van der Waals surface area contributed by atoms with E-state index in [0.29, 0.717) is 24.5 Å². The lowest BCUT2D eigenvalue weighted by Gasteiger charge is -2.23. The number of hydrogen-bond acceptors (Lipinski definition) is 6. The van der Waals surface area contributed by atoms with E-state index in [2.05, 4.69) is 16.7 Å². The molecule has 1 aromatic carbocycles. The van der Waals surface area contributed by atoms with E-state index in [4.69, 9.17) is 4.74 Å². The number of nitriles is 1. The van der Waals surface area contributed by atoms with Gasteiger partial charge in [-0.15, -0.1) is 0 Å². The van der Waals surface area contributed by atoms with Crippen molar-refractivity contribution in [3.8, 4) is 11.8 Å². The lowest BCUT2D eigenvalue weighted by atomic mass is 9.98. The summed E-state index contributed by atoms with van der Waals surface area (Å²) >= 11 is 0. The second-order valence-electron chi connectivity index (χ2n) is 6.94. The number of carbonyl (C=O) groups is 1. The van der Waals surface area contributed by atoms with Crippen LogP contribution in [0.3, 0.4) is 0 Å². The van der Waals surface area contributed by atoms with Crippen LogP contribution in [-0.2, 0) is 14.8 Å². The highest BCUT2D eigenvalue weighted by Crippen LogP contribution is 2.39. The van der Waals surface area contributed by atoms with Gasteiger partial charge in [-0.1, -0.05) is 13.8 Å². The minimum absolute atomic E-state index is 0.102. The van der Waals surface area contributed by atoms with E-state index < -0.39 is 15.6 Å². The topological polar surface area (TPSA) is 112 Å². The zero-order chi connectivity index (χ0) is 20.9. The molecule has 28 heavy (non-hydrogen) atoms. The zero-order valence-corrected chi connectivity index (χ0v) is 17.6. The number of hydrogen-bond donors (Lipinski definition) is 2. The number of rotatable bonds is 10. The van der Waals surface area contributed by atoms with Gasteiger partial charge in [0.1, 0.15) is 11.3 Å². The average molecular weight is 409 g/mol. The van der Waals surface area contributed by atoms with Gasteiger partial charge in [0.25, 0.3) is 0 Å². The first-order valence-corrected chi connectivity index (χ1v) is 10.8. The van der Waals surface area contributed by atoms with Crippen LogP contribution in [0.1, 0.15) is 33.6 Å². The van der Waals surface area contributed by atoms with Gasteiger partial charge in [0.15, 0.2) is 0 Å². The maximum absolute atomic E-state index is 12.7. The summed E-state index contributed by atoms with van der Waals surface area (Å²) in [4.78, 5) is 12.4. The molecular weight excluding hydrogens is 380 g/mol. The van der Waals surface area contributed by atoms with E-state index in [0.717, 1.165) is 12.8 Å². The Bertz CT molecular complexity index is 857. The summed E-state index contributed by atoms with van der Waals surface area (Å²) in [6.45, 7) is 5.91. The van der Waals surface area contributed by atoms with Gasteiger partial charge in [0.2, 0.25) is 15.9 Å². The van der Waals surface area contributed by atoms with Crippen molar-refractivity contribution in [1.82, 2.24) is 9.62 Å². The van der Waals surface area contributed by atoms with Crippen molar-refractivity contribution in [2.75, 3.05) is 32.1 Å². The zero-order valence-electron chi connectivity index (χ0n) is 16.8. The Morgan fingerprint density at radius 1 is 1.36 bits per heavy atom. The van der Waals surface area contributed by atoms with Crippen LogP contribution in [-0.4, -0.2) is 50.9 Å². The highest BCUT2D eigenvalue weighted by molar-refractivity contribution is 7.89.